The van der Waals surface area contributed by atoms with Crippen LogP contribution >= 0.6 is 0 Å². The summed E-state index contributed by atoms with van der Waals surface area (Å²) in [6.45, 7) is 6.12. The van der Waals surface area contributed by atoms with Crippen LogP contribution in [-0.4, -0.2) is 21.5 Å². The largest absolute Gasteiger partial charge is 0.356 e. The highest BCUT2D eigenvalue weighted by Crippen LogP contribution is 2.22. The number of aromatic nitrogens is 3. The lowest BCUT2D eigenvalue weighted by Crippen LogP contribution is -2.18. The van der Waals surface area contributed by atoms with Gasteiger partial charge in [-0.1, -0.05) is 19.0 Å². The van der Waals surface area contributed by atoms with Crippen molar-refractivity contribution in [2.45, 2.75) is 20.4 Å². The lowest BCUT2D eigenvalue weighted by Gasteiger charge is -2.06. The highest BCUT2D eigenvalue weighted by molar-refractivity contribution is 5.58. The van der Waals surface area contributed by atoms with Gasteiger partial charge in [-0.25, -0.2) is 0 Å². The molecule has 0 saturated heterocycles. The molecule has 0 unspecified atom stereocenters. The van der Waals surface area contributed by atoms with Gasteiger partial charge in [0.2, 0.25) is 0 Å². The van der Waals surface area contributed by atoms with Gasteiger partial charge < -0.3 is 9.84 Å². The van der Waals surface area contributed by atoms with E-state index >= 15 is 0 Å². The van der Waals surface area contributed by atoms with Gasteiger partial charge in [0.1, 0.15) is 0 Å². The van der Waals surface area contributed by atoms with Crippen molar-refractivity contribution in [3.63, 3.8) is 0 Å². The van der Waals surface area contributed by atoms with Crippen LogP contribution < -0.4 is 5.32 Å². The Morgan fingerprint density at radius 2 is 2.24 bits per heavy atom. The van der Waals surface area contributed by atoms with Gasteiger partial charge in [0.05, 0.1) is 18.0 Å². The molecule has 0 aliphatic carbocycles. The van der Waals surface area contributed by atoms with Crippen molar-refractivity contribution < 1.29 is 4.52 Å². The molecule has 0 aliphatic rings. The minimum Gasteiger partial charge on any atom is -0.356 e. The number of aryl methyl sites for hydroxylation is 1. The topological polar surface area (TPSA) is 55.9 Å². The van der Waals surface area contributed by atoms with E-state index in [-0.39, 0.29) is 0 Å². The molecular weight excluding hydrogens is 216 g/mol. The van der Waals surface area contributed by atoms with Crippen LogP contribution in [0.1, 0.15) is 19.4 Å². The van der Waals surface area contributed by atoms with E-state index in [0.29, 0.717) is 5.92 Å². The first-order valence-corrected chi connectivity index (χ1v) is 5.80. The average Bonchev–Trinajstić information content (AvgIpc) is 2.86. The fraction of sp³-hybridized carbons (Fsp3) is 0.500. The van der Waals surface area contributed by atoms with Gasteiger partial charge in [-0.3, -0.25) is 4.68 Å². The van der Waals surface area contributed by atoms with Gasteiger partial charge in [0, 0.05) is 25.4 Å². The van der Waals surface area contributed by atoms with Crippen LogP contribution in [0, 0.1) is 5.92 Å². The van der Waals surface area contributed by atoms with E-state index in [1.54, 1.807) is 17.1 Å². The molecule has 0 aromatic carbocycles. The van der Waals surface area contributed by atoms with Crippen molar-refractivity contribution in [2.75, 3.05) is 6.54 Å². The second kappa shape index (κ2) is 5.14. The fourth-order valence-electron chi connectivity index (χ4n) is 1.66. The predicted octanol–water partition coefficient (Wildman–Crippen LogP) is 1.82. The monoisotopic (exact) mass is 234 g/mol. The molecule has 0 spiro atoms. The minimum atomic E-state index is 0.636. The molecule has 2 heterocycles. The van der Waals surface area contributed by atoms with E-state index in [0.717, 1.165) is 30.0 Å². The third kappa shape index (κ3) is 2.94. The normalized spacial score (nSPS) is 11.3. The van der Waals surface area contributed by atoms with Crippen molar-refractivity contribution in [3.05, 3.63) is 24.2 Å². The fourth-order valence-corrected chi connectivity index (χ4v) is 1.66. The SMILES string of the molecule is CC(C)CNCc1cnoc1-c1cnn(C)c1. The zero-order valence-corrected chi connectivity index (χ0v) is 10.5. The lowest BCUT2D eigenvalue weighted by atomic mass is 10.1. The van der Waals surface area contributed by atoms with E-state index in [1.807, 2.05) is 13.2 Å². The number of nitrogens with zero attached hydrogens (tertiary/aromatic N) is 3. The molecule has 1 N–H and O–H groups in total. The van der Waals surface area contributed by atoms with Crippen molar-refractivity contribution in [3.8, 4) is 11.3 Å². The van der Waals surface area contributed by atoms with E-state index in [4.69, 9.17) is 4.52 Å². The number of rotatable bonds is 5. The van der Waals surface area contributed by atoms with Crippen LogP contribution in [0.3, 0.4) is 0 Å². The molecule has 0 radical (unpaired) electrons. The van der Waals surface area contributed by atoms with Crippen LogP contribution in [0.2, 0.25) is 0 Å². The standard InChI is InChI=1S/C12H18N4O/c1-9(2)4-13-5-10-7-15-17-12(10)11-6-14-16(3)8-11/h6-9,13H,4-5H2,1-3H3. The Bertz CT molecular complexity index is 472. The van der Waals surface area contributed by atoms with Gasteiger partial charge in [0.25, 0.3) is 0 Å². The zero-order valence-electron chi connectivity index (χ0n) is 10.5. The van der Waals surface area contributed by atoms with Crippen molar-refractivity contribution in [1.82, 2.24) is 20.3 Å². The number of hydrogen-bond acceptors (Lipinski definition) is 4. The second-order valence-electron chi connectivity index (χ2n) is 4.61. The second-order valence-corrected chi connectivity index (χ2v) is 4.61. The summed E-state index contributed by atoms with van der Waals surface area (Å²) in [7, 11) is 1.89. The van der Waals surface area contributed by atoms with Crippen molar-refractivity contribution in [2.24, 2.45) is 13.0 Å². The third-order valence-electron chi connectivity index (χ3n) is 2.48. The van der Waals surface area contributed by atoms with E-state index in [1.165, 1.54) is 0 Å². The quantitative estimate of drug-likeness (QED) is 0.857. The first-order valence-electron chi connectivity index (χ1n) is 5.80. The van der Waals surface area contributed by atoms with Gasteiger partial charge in [-0.2, -0.15) is 5.10 Å². The minimum absolute atomic E-state index is 0.636. The predicted molar refractivity (Wildman–Crippen MR) is 65.2 cm³/mol. The third-order valence-corrected chi connectivity index (χ3v) is 2.48. The van der Waals surface area contributed by atoms with Gasteiger partial charge in [0.15, 0.2) is 5.76 Å². The Morgan fingerprint density at radius 3 is 2.88 bits per heavy atom. The summed E-state index contributed by atoms with van der Waals surface area (Å²) < 4.78 is 7.03. The van der Waals surface area contributed by atoms with E-state index < -0.39 is 0 Å². The Hall–Kier alpha value is -1.62. The number of hydrogen-bond donors (Lipinski definition) is 1. The summed E-state index contributed by atoms with van der Waals surface area (Å²) >= 11 is 0. The Balaban J connectivity index is 2.07. The van der Waals surface area contributed by atoms with Gasteiger partial charge in [-0.15, -0.1) is 0 Å². The zero-order chi connectivity index (χ0) is 12.3. The molecule has 0 aliphatic heterocycles. The summed E-state index contributed by atoms with van der Waals surface area (Å²) in [6, 6.07) is 0. The highest BCUT2D eigenvalue weighted by atomic mass is 16.5. The lowest BCUT2D eigenvalue weighted by molar-refractivity contribution is 0.431. The first kappa shape index (κ1) is 11.9. The van der Waals surface area contributed by atoms with Crippen molar-refractivity contribution in [1.29, 1.82) is 0 Å². The van der Waals surface area contributed by atoms with Gasteiger partial charge >= 0.3 is 0 Å². The Labute approximate surface area is 101 Å². The molecule has 5 nitrogen and oxygen atoms in total. The molecule has 0 amide bonds. The van der Waals surface area contributed by atoms with Crippen LogP contribution in [-0.2, 0) is 13.6 Å². The summed E-state index contributed by atoms with van der Waals surface area (Å²) in [5.41, 5.74) is 2.03. The summed E-state index contributed by atoms with van der Waals surface area (Å²) in [5.74, 6) is 1.44. The summed E-state index contributed by atoms with van der Waals surface area (Å²) in [4.78, 5) is 0. The molecule has 0 fully saturated rings. The first-order chi connectivity index (χ1) is 8.16. The molecule has 17 heavy (non-hydrogen) atoms. The van der Waals surface area contributed by atoms with Crippen molar-refractivity contribution >= 4 is 0 Å². The van der Waals surface area contributed by atoms with Crippen LogP contribution in [0.15, 0.2) is 23.1 Å². The van der Waals surface area contributed by atoms with Crippen LogP contribution in [0.25, 0.3) is 11.3 Å². The highest BCUT2D eigenvalue weighted by Gasteiger charge is 2.11. The summed E-state index contributed by atoms with van der Waals surface area (Å²) in [5, 5.41) is 11.4. The smallest absolute Gasteiger partial charge is 0.174 e. The van der Waals surface area contributed by atoms with Crippen LogP contribution in [0.5, 0.6) is 0 Å². The van der Waals surface area contributed by atoms with E-state index in [9.17, 15) is 0 Å². The molecule has 2 rings (SSSR count). The number of nitrogens with one attached hydrogen (secondary N) is 1. The molecule has 0 bridgehead atoms. The summed E-state index contributed by atoms with van der Waals surface area (Å²) in [6.07, 6.45) is 5.47. The maximum Gasteiger partial charge on any atom is 0.174 e. The van der Waals surface area contributed by atoms with E-state index in [2.05, 4.69) is 29.4 Å². The molecular formula is C12H18N4O. The Kier molecular flexibility index (Phi) is 3.58. The Morgan fingerprint density at radius 1 is 1.41 bits per heavy atom. The molecule has 2 aromatic heterocycles. The molecule has 92 valence electrons. The van der Waals surface area contributed by atoms with Crippen LogP contribution in [0.4, 0.5) is 0 Å². The molecule has 2 aromatic rings. The average molecular weight is 234 g/mol. The van der Waals surface area contributed by atoms with Gasteiger partial charge in [-0.05, 0) is 12.5 Å². The molecule has 0 atom stereocenters. The maximum absolute atomic E-state index is 5.28. The maximum atomic E-state index is 5.28. The molecule has 0 saturated carbocycles. The molecule has 5 heteroatoms.